The van der Waals surface area contributed by atoms with E-state index in [4.69, 9.17) is 16.2 Å². The highest BCUT2D eigenvalue weighted by atomic mass is 16.5. The van der Waals surface area contributed by atoms with Crippen molar-refractivity contribution in [2.24, 2.45) is 11.5 Å². The van der Waals surface area contributed by atoms with Gasteiger partial charge in [0, 0.05) is 0 Å². The molecule has 0 saturated heterocycles. The van der Waals surface area contributed by atoms with E-state index in [1.807, 2.05) is 12.1 Å². The highest BCUT2D eigenvalue weighted by Gasteiger charge is 2.18. The van der Waals surface area contributed by atoms with Crippen molar-refractivity contribution in [3.8, 4) is 0 Å². The highest BCUT2D eigenvalue weighted by molar-refractivity contribution is 5.74. The van der Waals surface area contributed by atoms with E-state index < -0.39 is 5.91 Å². The van der Waals surface area contributed by atoms with Gasteiger partial charge in [0.25, 0.3) is 0 Å². The average Bonchev–Trinajstić information content (AvgIpc) is 2.38. The summed E-state index contributed by atoms with van der Waals surface area (Å²) in [6.07, 6.45) is 1.08. The minimum atomic E-state index is -0.479. The summed E-state index contributed by atoms with van der Waals surface area (Å²) in [6, 6.07) is 8.01. The van der Waals surface area contributed by atoms with Crippen LogP contribution in [0, 0.1) is 0 Å². The number of nitrogens with two attached hydrogens (primary N) is 2. The Morgan fingerprint density at radius 3 is 2.37 bits per heavy atom. The van der Waals surface area contributed by atoms with E-state index in [2.05, 4.69) is 32.9 Å². The van der Waals surface area contributed by atoms with E-state index in [1.54, 1.807) is 0 Å². The number of carbonyl (C=O) groups excluding carboxylic acids is 1. The maximum atomic E-state index is 10.6. The molecule has 106 valence electrons. The van der Waals surface area contributed by atoms with Gasteiger partial charge in [0.1, 0.15) is 6.61 Å². The van der Waals surface area contributed by atoms with Crippen LogP contribution in [0.3, 0.4) is 0 Å². The van der Waals surface area contributed by atoms with Crippen LogP contribution in [0.1, 0.15) is 44.4 Å². The maximum absolute atomic E-state index is 10.6. The van der Waals surface area contributed by atoms with Gasteiger partial charge in [0.15, 0.2) is 0 Å². The SMILES string of the molecule is CCC(C)(C)c1ccc(C(N)COCC(N)=O)cc1. The molecule has 0 aromatic heterocycles. The van der Waals surface area contributed by atoms with Crippen LogP contribution in [-0.2, 0) is 14.9 Å². The molecule has 4 heteroatoms. The largest absolute Gasteiger partial charge is 0.370 e. The molecule has 0 saturated carbocycles. The van der Waals surface area contributed by atoms with E-state index in [0.29, 0.717) is 6.61 Å². The number of hydrogen-bond acceptors (Lipinski definition) is 3. The molecule has 1 amide bonds. The summed E-state index contributed by atoms with van der Waals surface area (Å²) in [5.41, 5.74) is 13.5. The number of primary amides is 1. The normalized spacial score (nSPS) is 13.3. The summed E-state index contributed by atoms with van der Waals surface area (Å²) in [5, 5.41) is 0. The molecular weight excluding hydrogens is 240 g/mol. The second-order valence-electron chi connectivity index (χ2n) is 5.45. The quantitative estimate of drug-likeness (QED) is 0.789. The molecule has 0 fully saturated rings. The Hall–Kier alpha value is -1.39. The lowest BCUT2D eigenvalue weighted by molar-refractivity contribution is -0.122. The van der Waals surface area contributed by atoms with Crippen LogP contribution in [0.5, 0.6) is 0 Å². The molecule has 1 aromatic carbocycles. The number of ether oxygens (including phenoxy) is 1. The highest BCUT2D eigenvalue weighted by Crippen LogP contribution is 2.27. The van der Waals surface area contributed by atoms with Crippen molar-refractivity contribution in [3.63, 3.8) is 0 Å². The molecule has 1 atom stereocenters. The third-order valence-corrected chi connectivity index (χ3v) is 3.55. The van der Waals surface area contributed by atoms with E-state index in [9.17, 15) is 4.79 Å². The Kier molecular flexibility index (Phi) is 5.51. The van der Waals surface area contributed by atoms with Crippen LogP contribution < -0.4 is 11.5 Å². The molecule has 4 N–H and O–H groups in total. The van der Waals surface area contributed by atoms with E-state index in [-0.39, 0.29) is 18.1 Å². The van der Waals surface area contributed by atoms with Crippen LogP contribution in [-0.4, -0.2) is 19.1 Å². The van der Waals surface area contributed by atoms with E-state index in [0.717, 1.165) is 12.0 Å². The smallest absolute Gasteiger partial charge is 0.243 e. The fourth-order valence-corrected chi connectivity index (χ4v) is 1.77. The van der Waals surface area contributed by atoms with Gasteiger partial charge in [-0.2, -0.15) is 0 Å². The van der Waals surface area contributed by atoms with Crippen molar-refractivity contribution >= 4 is 5.91 Å². The minimum absolute atomic E-state index is 0.0886. The van der Waals surface area contributed by atoms with Crippen LogP contribution in [0.2, 0.25) is 0 Å². The van der Waals surface area contributed by atoms with Gasteiger partial charge >= 0.3 is 0 Å². The Morgan fingerprint density at radius 1 is 1.32 bits per heavy atom. The summed E-state index contributed by atoms with van der Waals surface area (Å²) < 4.78 is 5.13. The average molecular weight is 264 g/mol. The Morgan fingerprint density at radius 2 is 1.89 bits per heavy atom. The first-order valence-electron chi connectivity index (χ1n) is 6.59. The lowest BCUT2D eigenvalue weighted by Crippen LogP contribution is -2.23. The lowest BCUT2D eigenvalue weighted by Gasteiger charge is -2.24. The van der Waals surface area contributed by atoms with Crippen molar-refractivity contribution in [2.75, 3.05) is 13.2 Å². The van der Waals surface area contributed by atoms with Crippen LogP contribution in [0.25, 0.3) is 0 Å². The fourth-order valence-electron chi connectivity index (χ4n) is 1.77. The molecule has 4 nitrogen and oxygen atoms in total. The summed E-state index contributed by atoms with van der Waals surface area (Å²) >= 11 is 0. The first kappa shape index (κ1) is 15.7. The number of benzene rings is 1. The summed E-state index contributed by atoms with van der Waals surface area (Å²) in [6.45, 7) is 6.82. The second kappa shape index (κ2) is 6.68. The molecule has 0 radical (unpaired) electrons. The van der Waals surface area contributed by atoms with Crippen molar-refractivity contribution in [1.82, 2.24) is 0 Å². The molecule has 0 aliphatic carbocycles. The predicted molar refractivity (Wildman–Crippen MR) is 76.7 cm³/mol. The van der Waals surface area contributed by atoms with Crippen molar-refractivity contribution in [1.29, 1.82) is 0 Å². The first-order valence-corrected chi connectivity index (χ1v) is 6.59. The minimum Gasteiger partial charge on any atom is -0.370 e. The zero-order chi connectivity index (χ0) is 14.5. The Labute approximate surface area is 115 Å². The third-order valence-electron chi connectivity index (χ3n) is 3.55. The summed E-state index contributed by atoms with van der Waals surface area (Å²) in [4.78, 5) is 10.6. The number of rotatable bonds is 7. The first-order chi connectivity index (χ1) is 8.86. The summed E-state index contributed by atoms with van der Waals surface area (Å²) in [7, 11) is 0. The van der Waals surface area contributed by atoms with Crippen LogP contribution in [0.15, 0.2) is 24.3 Å². The van der Waals surface area contributed by atoms with Gasteiger partial charge in [0.05, 0.1) is 12.6 Å². The van der Waals surface area contributed by atoms with E-state index >= 15 is 0 Å². The molecule has 1 unspecified atom stereocenters. The van der Waals surface area contributed by atoms with Crippen molar-refractivity contribution < 1.29 is 9.53 Å². The van der Waals surface area contributed by atoms with Gasteiger partial charge in [-0.15, -0.1) is 0 Å². The zero-order valence-corrected chi connectivity index (χ0v) is 12.0. The molecule has 1 aromatic rings. The zero-order valence-electron chi connectivity index (χ0n) is 12.0. The van der Waals surface area contributed by atoms with Gasteiger partial charge in [-0.05, 0) is 23.0 Å². The maximum Gasteiger partial charge on any atom is 0.243 e. The third kappa shape index (κ3) is 4.65. The number of amides is 1. The lowest BCUT2D eigenvalue weighted by atomic mass is 9.82. The molecule has 0 spiro atoms. The van der Waals surface area contributed by atoms with Gasteiger partial charge in [0.2, 0.25) is 5.91 Å². The standard InChI is InChI=1S/C15H24N2O2/c1-4-15(2,3)12-7-5-11(6-8-12)13(16)9-19-10-14(17)18/h5-8,13H,4,9-10,16H2,1-3H3,(H2,17,18). The monoisotopic (exact) mass is 264 g/mol. The predicted octanol–water partition coefficient (Wildman–Crippen LogP) is 1.88. The van der Waals surface area contributed by atoms with Crippen molar-refractivity contribution in [2.45, 2.75) is 38.6 Å². The molecule has 0 bridgehead atoms. The molecule has 0 heterocycles. The number of hydrogen-bond donors (Lipinski definition) is 2. The molecule has 0 aliphatic heterocycles. The van der Waals surface area contributed by atoms with Crippen LogP contribution >= 0.6 is 0 Å². The molecular formula is C15H24N2O2. The van der Waals surface area contributed by atoms with Crippen molar-refractivity contribution in [3.05, 3.63) is 35.4 Å². The molecule has 1 rings (SSSR count). The van der Waals surface area contributed by atoms with Gasteiger partial charge in [-0.3, -0.25) is 4.79 Å². The summed E-state index contributed by atoms with van der Waals surface area (Å²) in [5.74, 6) is -0.479. The van der Waals surface area contributed by atoms with Crippen LogP contribution in [0.4, 0.5) is 0 Å². The molecule has 19 heavy (non-hydrogen) atoms. The molecule has 0 aliphatic rings. The second-order valence-corrected chi connectivity index (χ2v) is 5.45. The van der Waals surface area contributed by atoms with E-state index in [1.165, 1.54) is 5.56 Å². The fraction of sp³-hybridized carbons (Fsp3) is 0.533. The van der Waals surface area contributed by atoms with Gasteiger partial charge in [-0.25, -0.2) is 0 Å². The topological polar surface area (TPSA) is 78.3 Å². The van der Waals surface area contributed by atoms with Gasteiger partial charge in [-0.1, -0.05) is 45.0 Å². The number of carbonyl (C=O) groups is 1. The Balaban J connectivity index is 2.63. The Bertz CT molecular complexity index is 413. The van der Waals surface area contributed by atoms with Gasteiger partial charge < -0.3 is 16.2 Å².